The molecule has 9 rings (SSSR count). The van der Waals surface area contributed by atoms with Gasteiger partial charge in [0.25, 0.3) is 0 Å². The number of aromatic hydroxyl groups is 1. The summed E-state index contributed by atoms with van der Waals surface area (Å²) in [6.45, 7) is 10.3. The Morgan fingerprint density at radius 1 is 0.586 bits per heavy atom. The van der Waals surface area contributed by atoms with Crippen LogP contribution in [-0.2, 0) is 112 Å². The normalized spacial score (nSPS) is 25.2. The number of ketones is 5. The maximum atomic E-state index is 15.8. The average molecular weight is 1860 g/mol. The molecule has 3 aliphatic heterocycles. The van der Waals surface area contributed by atoms with E-state index >= 15 is 38.4 Å². The number of phenols is 1. The van der Waals surface area contributed by atoms with Crippen molar-refractivity contribution in [1.29, 1.82) is 0 Å². The second-order valence-corrected chi connectivity index (χ2v) is 36.4. The molecule has 6 aromatic rings. The lowest BCUT2D eigenvalue weighted by atomic mass is 9.88. The molecule has 0 bridgehead atoms. The smallest absolute Gasteiger partial charge is 0.303 e. The molecule has 16 N–H and O–H groups in total. The predicted octanol–water partition coefficient (Wildman–Crippen LogP) is 2.86. The summed E-state index contributed by atoms with van der Waals surface area (Å²) in [7, 11) is 2.67. The number of nitrogens with zero attached hydrogens (tertiary/aromatic N) is 6. The van der Waals surface area contributed by atoms with Gasteiger partial charge in [-0.2, -0.15) is 0 Å². The number of Topliss-reactive ketones (excluding diaryl/α,β-unsaturated/α-hetero) is 5. The zero-order valence-corrected chi connectivity index (χ0v) is 77.6. The number of aromatic nitrogens is 4. The Morgan fingerprint density at radius 2 is 1.20 bits per heavy atom. The van der Waals surface area contributed by atoms with E-state index in [1.807, 2.05) is 39.0 Å². The molecule has 38 nitrogen and oxygen atoms in total. The van der Waals surface area contributed by atoms with Crippen molar-refractivity contribution >= 4 is 139 Å². The van der Waals surface area contributed by atoms with Gasteiger partial charge in [0, 0.05) is 168 Å². The monoisotopic (exact) mass is 1860 g/mol. The van der Waals surface area contributed by atoms with Gasteiger partial charge in [0.15, 0.2) is 23.1 Å². The number of carboxylic acids is 1. The van der Waals surface area contributed by atoms with Gasteiger partial charge in [0.1, 0.15) is 53.8 Å². The lowest BCUT2D eigenvalue weighted by Gasteiger charge is -2.36. The number of rotatable bonds is 25. The third-order valence-electron chi connectivity index (χ3n) is 25.1. The van der Waals surface area contributed by atoms with Crippen LogP contribution in [0.3, 0.4) is 0 Å². The van der Waals surface area contributed by atoms with E-state index in [0.29, 0.717) is 51.3 Å². The summed E-state index contributed by atoms with van der Waals surface area (Å²) >= 11 is 0.880. The first-order valence-corrected chi connectivity index (χ1v) is 46.6. The summed E-state index contributed by atoms with van der Waals surface area (Å²) in [5, 5.41) is 49.5. The summed E-state index contributed by atoms with van der Waals surface area (Å²) in [5.74, 6) is -20.0. The number of aromatic amines is 3. The zero-order chi connectivity index (χ0) is 97.2. The van der Waals surface area contributed by atoms with E-state index in [9.17, 15) is 63.3 Å². The van der Waals surface area contributed by atoms with Crippen LogP contribution in [0.1, 0.15) is 174 Å². The minimum atomic E-state index is -1.78. The third-order valence-corrected chi connectivity index (χ3v) is 26.1. The lowest BCUT2D eigenvalue weighted by molar-refractivity contribution is -0.150. The summed E-state index contributed by atoms with van der Waals surface area (Å²) in [4.78, 5) is 282. The van der Waals surface area contributed by atoms with E-state index in [1.165, 1.54) is 81.5 Å². The number of H-pyrrole nitrogens is 3. The van der Waals surface area contributed by atoms with E-state index < -0.39 is 248 Å². The molecule has 3 aromatic carbocycles. The van der Waals surface area contributed by atoms with Crippen molar-refractivity contribution in [2.45, 2.75) is 249 Å². The number of nitrogens with two attached hydrogens (primary N) is 2. The van der Waals surface area contributed by atoms with E-state index in [4.69, 9.17) is 11.5 Å². The molecule has 3 fully saturated rings. The molecule has 0 unspecified atom stereocenters. The molecule has 39 heteroatoms. The highest BCUT2D eigenvalue weighted by Gasteiger charge is 2.47. The number of amides is 12. The first-order valence-electron chi connectivity index (χ1n) is 45.5. The molecule has 0 spiro atoms. The number of primary amides is 1. The van der Waals surface area contributed by atoms with Crippen molar-refractivity contribution in [3.05, 3.63) is 120 Å². The number of likely N-dealkylation sites (N-methyl/N-ethyl adjacent to an activating group) is 3. The minimum absolute atomic E-state index is 0.0361. The van der Waals surface area contributed by atoms with Gasteiger partial charge in [0.2, 0.25) is 70.9 Å². The van der Waals surface area contributed by atoms with Crippen molar-refractivity contribution in [2.75, 3.05) is 51.8 Å². The number of carboxylic acid groups (broad SMARTS) is 1. The van der Waals surface area contributed by atoms with E-state index in [2.05, 4.69) is 51.8 Å². The van der Waals surface area contributed by atoms with Crippen LogP contribution in [0.15, 0.2) is 97.7 Å². The summed E-state index contributed by atoms with van der Waals surface area (Å²) < 4.78 is 0. The van der Waals surface area contributed by atoms with Gasteiger partial charge >= 0.3 is 5.97 Å². The number of nitrogens with one attached hydrogen (secondary N) is 9. The number of hydrogen-bond acceptors (Lipinski definition) is 23. The van der Waals surface area contributed by atoms with Crippen LogP contribution in [0.2, 0.25) is 0 Å². The van der Waals surface area contributed by atoms with Crippen LogP contribution in [-0.4, -0.2) is 290 Å². The molecule has 15 atom stereocenters. The number of phenolic OH excluding ortho intramolecular Hbond substituents is 1. The van der Waals surface area contributed by atoms with Crippen LogP contribution in [0.5, 0.6) is 5.75 Å². The fourth-order valence-electron chi connectivity index (χ4n) is 17.5. The molecular weight excluding hydrogens is 1740 g/mol. The molecule has 720 valence electrons. The lowest BCUT2D eigenvalue weighted by Crippen LogP contribution is -2.59. The number of aliphatic carboxylic acids is 1. The molecular formula is C94H127N17O21S. The first kappa shape index (κ1) is 104. The summed E-state index contributed by atoms with van der Waals surface area (Å²) in [6.07, 6.45) is -0.101. The zero-order valence-electron chi connectivity index (χ0n) is 76.8. The maximum Gasteiger partial charge on any atom is 0.303 e. The number of carbonyl (C=O) groups is 18. The summed E-state index contributed by atoms with van der Waals surface area (Å²) in [6, 6.07) is 3.77. The highest BCUT2D eigenvalue weighted by molar-refractivity contribution is 8.00. The molecule has 133 heavy (non-hydrogen) atoms. The Kier molecular flexibility index (Phi) is 38.6. The quantitative estimate of drug-likeness (QED) is 0.0392. The largest absolute Gasteiger partial charge is 0.508 e. The standard InChI is InChI=1S/C94H127N17O21S/c1-10-12-22-76-94(132)109(11-2)54(6)79(116)40-58(35-52(3)4)86(124)106-74(78(115)30-24-53(5)112)49-133-50-83(120)101-72(36-56-25-28-63(113)29-26-56)92(130)107(8)55(7)85(123)105-73(44-82(96)119)93(131)110-34-17-23-75(110)88(126)103-70(42-62-47-97-51-100-62)81(118)39-57(27-31-84(121)122)91(129)111-48-64(114)43-77(111)89(127)104-71(38-61-46-99-68-21-16-14-19-66(61)68)87(125)102-69(32-33-95)80(117)41-59(90(128)108(76)9)37-60-45-98-67-20-15-13-18-65(60)67/h13-16,18-21,25-26,28-29,45-47,51-52,54-55,57-59,64,69-77,98-99,113-114H,10-12,17,22-24,27,30-44,48-50,95H2,1-9H3,(H2,96,119)(H,97,100)(H,101,120)(H,102,125)(H,103,126)(H,104,127)(H,105,123)(H,106,124)(H,121,122)/t54-,55-,57+,58+,59+,64+,69-,70-,71-,72-,73-,74-,75-,76-,77-/m0/s1. The number of carbonyl (C=O) groups excluding carboxylic acids is 17. The number of fused-ring (bicyclic) bond motifs is 4. The molecule has 0 radical (unpaired) electrons. The topological polar surface area (TPSA) is 569 Å². The SMILES string of the molecule is CCCC[C@H]1C(=O)N(CC)[C@@H](C)C(=O)C[C@@H](CC(C)C)C(=O)N[C@H](C(=O)CCC(C)=O)CSCC(=O)N[C@@H](Cc2ccc(O)cc2)C(=O)N(C)[C@@H](C)C(=O)N[C@@H](CC(N)=O)C(=O)N2CCC[C@H]2C(=O)N[C@@H](Cc2cnc[nH]2)C(=O)C[C@@H](CCC(=O)O)C(=O)N2C[C@H](O)C[C@H]2C(=O)N[C@@H](Cc2c[nH]c3ccccc23)C(=O)N[C@@H](CCN)C(=O)C[C@@H](Cc2c[nH]c3ccccc23)C(=O)N1C. The Bertz CT molecular complexity index is 5170. The Hall–Kier alpha value is -12.5. The van der Waals surface area contributed by atoms with Crippen molar-refractivity contribution in [2.24, 2.45) is 35.1 Å². The van der Waals surface area contributed by atoms with E-state index in [0.717, 1.165) is 26.5 Å². The number of para-hydroxylation sites is 2. The fourth-order valence-corrected chi connectivity index (χ4v) is 18.4. The molecule has 3 saturated heterocycles. The van der Waals surface area contributed by atoms with Gasteiger partial charge in [-0.15, -0.1) is 11.8 Å². The Labute approximate surface area is 775 Å². The number of benzene rings is 3. The molecule has 3 aliphatic rings. The minimum Gasteiger partial charge on any atom is -0.508 e. The number of imidazole rings is 1. The van der Waals surface area contributed by atoms with Gasteiger partial charge in [-0.1, -0.05) is 82.1 Å². The van der Waals surface area contributed by atoms with Gasteiger partial charge in [-0.25, -0.2) is 4.98 Å². The van der Waals surface area contributed by atoms with E-state index in [-0.39, 0.29) is 119 Å². The van der Waals surface area contributed by atoms with Crippen LogP contribution in [0.25, 0.3) is 21.8 Å². The molecule has 12 amide bonds. The average Bonchev–Trinajstić information content (AvgIpc) is 1.73. The number of aliphatic hydroxyl groups excluding tert-OH is 1. The summed E-state index contributed by atoms with van der Waals surface area (Å²) in [5.41, 5.74) is 15.2. The second kappa shape index (κ2) is 49.3. The molecule has 0 saturated carbocycles. The highest BCUT2D eigenvalue weighted by Crippen LogP contribution is 2.32. The van der Waals surface area contributed by atoms with Crippen molar-refractivity contribution in [1.82, 2.24) is 76.3 Å². The van der Waals surface area contributed by atoms with Crippen LogP contribution >= 0.6 is 11.8 Å². The number of thioether (sulfide) groups is 1. The third kappa shape index (κ3) is 28.8. The fraction of sp³-hybridized carbons (Fsp3) is 0.543. The van der Waals surface area contributed by atoms with Gasteiger partial charge in [0.05, 0.1) is 48.8 Å². The van der Waals surface area contributed by atoms with Gasteiger partial charge in [-0.05, 0) is 126 Å². The van der Waals surface area contributed by atoms with Crippen LogP contribution in [0, 0.1) is 23.7 Å². The number of hydrogen-bond donors (Lipinski definition) is 14. The Morgan fingerprint density at radius 3 is 1.82 bits per heavy atom. The predicted molar refractivity (Wildman–Crippen MR) is 491 cm³/mol. The van der Waals surface area contributed by atoms with Crippen LogP contribution < -0.4 is 43.4 Å². The second-order valence-electron chi connectivity index (χ2n) is 35.4. The number of unbranched alkanes of at least 4 members (excludes halogenated alkanes) is 1. The van der Waals surface area contributed by atoms with E-state index in [1.54, 1.807) is 49.6 Å². The van der Waals surface area contributed by atoms with Crippen LogP contribution in [0.4, 0.5) is 0 Å². The molecule has 6 heterocycles. The van der Waals surface area contributed by atoms with Crippen molar-refractivity contribution in [3.63, 3.8) is 0 Å². The maximum absolute atomic E-state index is 15.8. The Balaban J connectivity index is 1.09. The van der Waals surface area contributed by atoms with Gasteiger partial charge in [-0.3, -0.25) is 81.5 Å². The van der Waals surface area contributed by atoms with Crippen molar-refractivity contribution < 1.29 is 102 Å². The van der Waals surface area contributed by atoms with Crippen molar-refractivity contribution in [3.8, 4) is 5.75 Å². The molecule has 3 aromatic heterocycles. The highest BCUT2D eigenvalue weighted by atomic mass is 32.2. The molecule has 0 aliphatic carbocycles. The first-order chi connectivity index (χ1) is 63.3. The number of aliphatic hydroxyl groups is 1. The van der Waals surface area contributed by atoms with Gasteiger partial charge < -0.3 is 103 Å².